The predicted octanol–water partition coefficient (Wildman–Crippen LogP) is 5.04. The molecule has 4 nitrogen and oxygen atoms in total. The third kappa shape index (κ3) is 4.52. The number of hydrogen-bond acceptors (Lipinski definition) is 4. The molecular formula is C20H20FN3OS. The van der Waals surface area contributed by atoms with Crippen LogP contribution in [0.15, 0.2) is 72.4 Å². The van der Waals surface area contributed by atoms with Crippen molar-refractivity contribution in [2.24, 2.45) is 0 Å². The number of hydrogen-bond donors (Lipinski definition) is 0. The van der Waals surface area contributed by atoms with Gasteiger partial charge in [-0.3, -0.25) is 4.57 Å². The molecule has 2 aromatic carbocycles. The number of rotatable bonds is 8. The minimum absolute atomic E-state index is 0.234. The Morgan fingerprint density at radius 3 is 2.58 bits per heavy atom. The van der Waals surface area contributed by atoms with Gasteiger partial charge in [0.25, 0.3) is 0 Å². The summed E-state index contributed by atoms with van der Waals surface area (Å²) in [6, 6.07) is 16.1. The lowest BCUT2D eigenvalue weighted by molar-refractivity contribution is 0.210. The molecule has 1 atom stereocenters. The normalized spacial score (nSPS) is 11.9. The van der Waals surface area contributed by atoms with E-state index in [2.05, 4.69) is 16.8 Å². The fourth-order valence-electron chi connectivity index (χ4n) is 2.49. The molecule has 0 aliphatic rings. The number of thioether (sulfide) groups is 1. The molecule has 0 aliphatic heterocycles. The van der Waals surface area contributed by atoms with Crippen molar-refractivity contribution in [2.75, 3.05) is 0 Å². The van der Waals surface area contributed by atoms with Gasteiger partial charge in [0.15, 0.2) is 17.1 Å². The van der Waals surface area contributed by atoms with Gasteiger partial charge in [0, 0.05) is 12.3 Å². The molecule has 0 aliphatic carbocycles. The van der Waals surface area contributed by atoms with Gasteiger partial charge in [0.2, 0.25) is 0 Å². The zero-order valence-corrected chi connectivity index (χ0v) is 15.3. The lowest BCUT2D eigenvalue weighted by Crippen LogP contribution is -2.12. The monoisotopic (exact) mass is 369 g/mol. The number of allylic oxidation sites excluding steroid dienone is 1. The Kier molecular flexibility index (Phi) is 6.07. The van der Waals surface area contributed by atoms with E-state index in [1.54, 1.807) is 23.9 Å². The molecule has 0 spiro atoms. The van der Waals surface area contributed by atoms with Crippen LogP contribution in [0.3, 0.4) is 0 Å². The maximum Gasteiger partial charge on any atom is 0.191 e. The van der Waals surface area contributed by atoms with E-state index in [1.807, 2.05) is 47.9 Å². The Balaban J connectivity index is 1.74. The van der Waals surface area contributed by atoms with Gasteiger partial charge in [-0.25, -0.2) is 4.39 Å². The van der Waals surface area contributed by atoms with Crippen LogP contribution in [-0.4, -0.2) is 14.8 Å². The molecular weight excluding hydrogens is 349 g/mol. The molecule has 0 amide bonds. The predicted molar refractivity (Wildman–Crippen MR) is 102 cm³/mol. The van der Waals surface area contributed by atoms with E-state index < -0.39 is 0 Å². The third-order valence-corrected chi connectivity index (χ3v) is 4.80. The number of para-hydroxylation sites is 1. The van der Waals surface area contributed by atoms with Crippen LogP contribution in [0.5, 0.6) is 5.75 Å². The smallest absolute Gasteiger partial charge is 0.191 e. The highest BCUT2D eigenvalue weighted by Crippen LogP contribution is 2.26. The van der Waals surface area contributed by atoms with Crippen molar-refractivity contribution >= 4 is 11.8 Å². The van der Waals surface area contributed by atoms with Crippen LogP contribution in [0.25, 0.3) is 0 Å². The van der Waals surface area contributed by atoms with Crippen LogP contribution in [0.2, 0.25) is 0 Å². The SMILES string of the molecule is C=CCn1c(SCc2ccc(F)cc2)nnc1C(C)Oc1ccccc1. The minimum atomic E-state index is -0.245. The lowest BCUT2D eigenvalue weighted by atomic mass is 10.2. The fraction of sp³-hybridized carbons (Fsp3) is 0.200. The molecule has 26 heavy (non-hydrogen) atoms. The maximum absolute atomic E-state index is 13.0. The van der Waals surface area contributed by atoms with E-state index in [4.69, 9.17) is 4.74 Å². The standard InChI is InChI=1S/C20H20FN3OS/c1-3-13-24-19(15(2)25-18-7-5-4-6-8-18)22-23-20(24)26-14-16-9-11-17(21)12-10-16/h3-12,15H,1,13-14H2,2H3. The van der Waals surface area contributed by atoms with E-state index in [-0.39, 0.29) is 11.9 Å². The van der Waals surface area contributed by atoms with Crippen LogP contribution < -0.4 is 4.74 Å². The summed E-state index contributed by atoms with van der Waals surface area (Å²) in [5.41, 5.74) is 1.03. The molecule has 3 aromatic rings. The Morgan fingerprint density at radius 1 is 1.15 bits per heavy atom. The topological polar surface area (TPSA) is 39.9 Å². The second kappa shape index (κ2) is 8.67. The average molecular weight is 369 g/mol. The molecule has 0 N–H and O–H groups in total. The highest BCUT2D eigenvalue weighted by molar-refractivity contribution is 7.98. The molecule has 6 heteroatoms. The molecule has 0 bridgehead atoms. The van der Waals surface area contributed by atoms with Crippen LogP contribution >= 0.6 is 11.8 Å². The Morgan fingerprint density at radius 2 is 1.88 bits per heavy atom. The molecule has 1 aromatic heterocycles. The van der Waals surface area contributed by atoms with Crippen molar-refractivity contribution in [3.8, 4) is 5.75 Å². The van der Waals surface area contributed by atoms with Crippen molar-refractivity contribution in [3.05, 3.63) is 84.5 Å². The highest BCUT2D eigenvalue weighted by atomic mass is 32.2. The number of halogens is 1. The quantitative estimate of drug-likeness (QED) is 0.412. The van der Waals surface area contributed by atoms with Gasteiger partial charge < -0.3 is 4.74 Å². The van der Waals surface area contributed by atoms with E-state index >= 15 is 0 Å². The summed E-state index contributed by atoms with van der Waals surface area (Å²) in [5, 5.41) is 9.41. The highest BCUT2D eigenvalue weighted by Gasteiger charge is 2.19. The van der Waals surface area contributed by atoms with Gasteiger partial charge in [-0.1, -0.05) is 48.2 Å². The summed E-state index contributed by atoms with van der Waals surface area (Å²) in [4.78, 5) is 0. The molecule has 0 saturated heterocycles. The van der Waals surface area contributed by atoms with Gasteiger partial charge in [0.1, 0.15) is 11.6 Å². The van der Waals surface area contributed by atoms with Gasteiger partial charge >= 0.3 is 0 Å². The molecule has 0 radical (unpaired) electrons. The van der Waals surface area contributed by atoms with Crippen molar-refractivity contribution in [1.82, 2.24) is 14.8 Å². The molecule has 1 unspecified atom stereocenters. The van der Waals surface area contributed by atoms with Gasteiger partial charge in [-0.15, -0.1) is 16.8 Å². The second-order valence-corrected chi connectivity index (χ2v) is 6.67. The number of benzene rings is 2. The lowest BCUT2D eigenvalue weighted by Gasteiger charge is -2.15. The maximum atomic E-state index is 13.0. The van der Waals surface area contributed by atoms with E-state index in [1.165, 1.54) is 12.1 Å². The fourth-order valence-corrected chi connectivity index (χ4v) is 3.40. The molecule has 0 fully saturated rings. The summed E-state index contributed by atoms with van der Waals surface area (Å²) < 4.78 is 21.0. The Bertz CT molecular complexity index is 849. The summed E-state index contributed by atoms with van der Waals surface area (Å²) in [5.74, 6) is 1.98. The molecule has 3 rings (SSSR count). The zero-order valence-electron chi connectivity index (χ0n) is 14.5. The first kappa shape index (κ1) is 18.2. The first-order valence-electron chi connectivity index (χ1n) is 8.30. The summed E-state index contributed by atoms with van der Waals surface area (Å²) in [6.07, 6.45) is 1.56. The minimum Gasteiger partial charge on any atom is -0.483 e. The summed E-state index contributed by atoms with van der Waals surface area (Å²) in [7, 11) is 0. The number of nitrogens with zero attached hydrogens (tertiary/aromatic N) is 3. The number of ether oxygens (including phenoxy) is 1. The second-order valence-electron chi connectivity index (χ2n) is 5.73. The van der Waals surface area contributed by atoms with Crippen molar-refractivity contribution < 1.29 is 9.13 Å². The van der Waals surface area contributed by atoms with Crippen molar-refractivity contribution in [1.29, 1.82) is 0 Å². The molecule has 134 valence electrons. The molecule has 0 saturated carbocycles. The van der Waals surface area contributed by atoms with Crippen molar-refractivity contribution in [2.45, 2.75) is 30.5 Å². The average Bonchev–Trinajstić information content (AvgIpc) is 3.05. The summed E-state index contributed by atoms with van der Waals surface area (Å²) >= 11 is 1.55. The van der Waals surface area contributed by atoms with E-state index in [0.29, 0.717) is 12.3 Å². The van der Waals surface area contributed by atoms with Crippen LogP contribution in [-0.2, 0) is 12.3 Å². The van der Waals surface area contributed by atoms with Crippen LogP contribution in [0.4, 0.5) is 4.39 Å². The van der Waals surface area contributed by atoms with Gasteiger partial charge in [-0.05, 0) is 36.8 Å². The van der Waals surface area contributed by atoms with Crippen molar-refractivity contribution in [3.63, 3.8) is 0 Å². The summed E-state index contributed by atoms with van der Waals surface area (Å²) in [6.45, 7) is 6.36. The Labute approximate surface area is 156 Å². The van der Waals surface area contributed by atoms with Gasteiger partial charge in [-0.2, -0.15) is 0 Å². The zero-order chi connectivity index (χ0) is 18.4. The largest absolute Gasteiger partial charge is 0.483 e. The van der Waals surface area contributed by atoms with E-state index in [0.717, 1.165) is 22.3 Å². The van der Waals surface area contributed by atoms with E-state index in [9.17, 15) is 4.39 Å². The first-order valence-corrected chi connectivity index (χ1v) is 9.29. The molecule has 1 heterocycles. The van der Waals surface area contributed by atoms with Crippen LogP contribution in [0.1, 0.15) is 24.4 Å². The van der Waals surface area contributed by atoms with Gasteiger partial charge in [0.05, 0.1) is 0 Å². The third-order valence-electron chi connectivity index (χ3n) is 3.76. The van der Waals surface area contributed by atoms with Crippen LogP contribution in [0, 0.1) is 5.82 Å². The first-order chi connectivity index (χ1) is 12.7. The Hall–Kier alpha value is -2.60. The number of aromatic nitrogens is 3.